The molecule has 0 saturated heterocycles. The first-order chi connectivity index (χ1) is 34.1. The fourth-order valence-electron chi connectivity index (χ4n) is 14.9. The van der Waals surface area contributed by atoms with Crippen LogP contribution in [0.25, 0.3) is 78.3 Å². The van der Waals surface area contributed by atoms with Gasteiger partial charge in [-0.1, -0.05) is 149 Å². The molecular formula is C66H64N4. The number of aromatic nitrogens is 3. The summed E-state index contributed by atoms with van der Waals surface area (Å²) < 4.78 is 0. The highest BCUT2D eigenvalue weighted by Gasteiger charge is 2.46. The van der Waals surface area contributed by atoms with Crippen molar-refractivity contribution in [3.63, 3.8) is 0 Å². The van der Waals surface area contributed by atoms with Crippen molar-refractivity contribution in [2.45, 2.75) is 103 Å². The van der Waals surface area contributed by atoms with Crippen LogP contribution in [0.4, 0.5) is 0 Å². The van der Waals surface area contributed by atoms with Gasteiger partial charge in [-0.05, 0) is 202 Å². The monoisotopic (exact) mass is 913 g/mol. The van der Waals surface area contributed by atoms with Crippen LogP contribution in [0.15, 0.2) is 158 Å². The van der Waals surface area contributed by atoms with E-state index in [1.807, 2.05) is 24.3 Å². The first-order valence-corrected chi connectivity index (χ1v) is 26.3. The summed E-state index contributed by atoms with van der Waals surface area (Å²) >= 11 is 0. The highest BCUT2D eigenvalue weighted by atomic mass is 15.0. The first kappa shape index (κ1) is 44.5. The molecule has 0 spiro atoms. The smallest absolute Gasteiger partial charge is 0.164 e. The molecule has 4 bridgehead atoms. The second-order valence-corrected chi connectivity index (χ2v) is 23.0. The van der Waals surface area contributed by atoms with Crippen LogP contribution < -0.4 is 0 Å². The van der Waals surface area contributed by atoms with Crippen LogP contribution in [-0.4, -0.2) is 15.0 Å². The van der Waals surface area contributed by atoms with Gasteiger partial charge in [0.1, 0.15) is 0 Å². The van der Waals surface area contributed by atoms with Gasteiger partial charge in [0.2, 0.25) is 0 Å². The summed E-state index contributed by atoms with van der Waals surface area (Å²) in [5.41, 5.74) is 13.7. The highest BCUT2D eigenvalue weighted by Crippen LogP contribution is 2.55. The van der Waals surface area contributed by atoms with Crippen LogP contribution in [0.2, 0.25) is 0 Å². The molecule has 12 rings (SSSR count). The molecule has 4 fully saturated rings. The van der Waals surface area contributed by atoms with Crippen LogP contribution in [0.3, 0.4) is 0 Å². The second-order valence-electron chi connectivity index (χ2n) is 23.0. The zero-order valence-corrected chi connectivity index (χ0v) is 41.3. The Balaban J connectivity index is 0.944. The van der Waals surface area contributed by atoms with Crippen molar-refractivity contribution < 1.29 is 0 Å². The molecule has 1 aromatic heterocycles. The fraction of sp³-hybridized carbons (Fsp3) is 0.333. The summed E-state index contributed by atoms with van der Waals surface area (Å²) in [6.45, 7) is 9.87. The van der Waals surface area contributed by atoms with Gasteiger partial charge in [-0.25, -0.2) is 15.0 Å². The summed E-state index contributed by atoms with van der Waals surface area (Å²) in [6.07, 6.45) is 13.3. The summed E-state index contributed by atoms with van der Waals surface area (Å²) in [5, 5.41) is 12.0. The molecule has 7 aromatic carbocycles. The van der Waals surface area contributed by atoms with E-state index in [0.29, 0.717) is 28.5 Å². The SMILES string of the molecule is C[C@@H]1C[C@@H]2C[C@H](C)CC(c3ccc(-c4ccc(-c5nc(-c6ccc(C78C[C@H](C)C[C@H](C[C@H](C)C7)C8)cc6)nc(-c6cc(-c7ccc(C#N)cc7)cc(-c7ccc8ccccc8c7)c6)n5)cc4)cc3)(C1)C2. The molecule has 0 aliphatic heterocycles. The Morgan fingerprint density at radius 3 is 1.24 bits per heavy atom. The molecule has 4 heteroatoms. The molecule has 8 atom stereocenters. The van der Waals surface area contributed by atoms with Crippen molar-refractivity contribution in [1.29, 1.82) is 5.26 Å². The minimum Gasteiger partial charge on any atom is -0.208 e. The average molecular weight is 913 g/mol. The molecule has 4 saturated carbocycles. The van der Waals surface area contributed by atoms with E-state index in [9.17, 15) is 5.26 Å². The minimum atomic E-state index is 0.243. The van der Waals surface area contributed by atoms with Gasteiger partial charge in [0.05, 0.1) is 11.6 Å². The third-order valence-corrected chi connectivity index (χ3v) is 17.2. The van der Waals surface area contributed by atoms with E-state index >= 15 is 0 Å². The predicted molar refractivity (Wildman–Crippen MR) is 288 cm³/mol. The molecular weight excluding hydrogens is 849 g/mol. The van der Waals surface area contributed by atoms with E-state index in [2.05, 4.69) is 167 Å². The van der Waals surface area contributed by atoms with Gasteiger partial charge in [0, 0.05) is 16.7 Å². The van der Waals surface area contributed by atoms with Gasteiger partial charge in [-0.3, -0.25) is 0 Å². The lowest BCUT2D eigenvalue weighted by molar-refractivity contribution is 0.0779. The Bertz CT molecular complexity index is 3210. The number of nitrogens with zero attached hydrogens (tertiary/aromatic N) is 4. The van der Waals surface area contributed by atoms with Crippen molar-refractivity contribution in [2.24, 2.45) is 35.5 Å². The maximum Gasteiger partial charge on any atom is 0.164 e. The Morgan fingerprint density at radius 1 is 0.371 bits per heavy atom. The normalized spacial score (nSPS) is 26.1. The quantitative estimate of drug-likeness (QED) is 0.152. The Kier molecular flexibility index (Phi) is 11.4. The van der Waals surface area contributed by atoms with Crippen LogP contribution in [0.5, 0.6) is 0 Å². The number of hydrogen-bond donors (Lipinski definition) is 0. The number of benzene rings is 7. The van der Waals surface area contributed by atoms with E-state index < -0.39 is 0 Å². The fourth-order valence-corrected chi connectivity index (χ4v) is 14.9. The van der Waals surface area contributed by atoms with Crippen LogP contribution in [0, 0.1) is 46.8 Å². The molecule has 70 heavy (non-hydrogen) atoms. The summed E-state index contributed by atoms with van der Waals surface area (Å²) in [5.74, 6) is 6.71. The van der Waals surface area contributed by atoms with Crippen LogP contribution in [0.1, 0.15) is 109 Å². The molecule has 1 heterocycles. The molecule has 8 aromatic rings. The molecule has 4 aliphatic carbocycles. The molecule has 4 nitrogen and oxygen atoms in total. The Morgan fingerprint density at radius 2 is 0.743 bits per heavy atom. The molecule has 0 N–H and O–H groups in total. The van der Waals surface area contributed by atoms with Gasteiger partial charge in [0.15, 0.2) is 17.5 Å². The predicted octanol–water partition coefficient (Wildman–Crippen LogP) is 17.1. The van der Waals surface area contributed by atoms with Gasteiger partial charge < -0.3 is 0 Å². The zero-order chi connectivity index (χ0) is 47.6. The molecule has 2 unspecified atom stereocenters. The first-order valence-electron chi connectivity index (χ1n) is 26.3. The molecule has 4 aliphatic rings. The maximum absolute atomic E-state index is 9.65. The Labute approximate surface area is 415 Å². The lowest BCUT2D eigenvalue weighted by Crippen LogP contribution is -2.42. The maximum atomic E-state index is 9.65. The van der Waals surface area contributed by atoms with E-state index in [-0.39, 0.29) is 5.41 Å². The number of rotatable bonds is 8. The Hall–Kier alpha value is -6.70. The standard InChI is InChI=1S/C66H64N4/c1-42-27-47-28-43(2)36-65(35-42,39-47)60-23-19-51(20-24-60)50-13-16-53(17-14-50)62-68-63(54-21-25-61(26-22-54)66-37-44(3)29-48(40-66)30-45(4)38-66)70-64(69-62)59-33-57(52-11-9-46(41-67)10-12-52)32-58(34-59)56-18-15-49-7-5-6-8-55(49)31-56/h5-26,31-34,42-45,47-48H,27-30,35-40H2,1-4H3/t42-,43+,44-,45+,47-,48-,65?,66?. The molecule has 0 amide bonds. The molecule has 0 radical (unpaired) electrons. The zero-order valence-electron chi connectivity index (χ0n) is 41.3. The number of nitriles is 1. The summed E-state index contributed by atoms with van der Waals surface area (Å²) in [4.78, 5) is 16.0. The topological polar surface area (TPSA) is 62.5 Å². The van der Waals surface area contributed by atoms with E-state index in [0.717, 1.165) is 74.5 Å². The van der Waals surface area contributed by atoms with E-state index in [1.165, 1.54) is 97.2 Å². The summed E-state index contributed by atoms with van der Waals surface area (Å²) in [7, 11) is 0. The van der Waals surface area contributed by atoms with Gasteiger partial charge in [-0.2, -0.15) is 5.26 Å². The van der Waals surface area contributed by atoms with Crippen molar-refractivity contribution in [3.8, 4) is 73.6 Å². The van der Waals surface area contributed by atoms with Crippen molar-refractivity contribution in [1.82, 2.24) is 15.0 Å². The summed E-state index contributed by atoms with van der Waals surface area (Å²) in [6, 6.07) is 59.7. The van der Waals surface area contributed by atoms with Gasteiger partial charge in [-0.15, -0.1) is 0 Å². The largest absolute Gasteiger partial charge is 0.208 e. The van der Waals surface area contributed by atoms with Crippen molar-refractivity contribution >= 4 is 10.8 Å². The van der Waals surface area contributed by atoms with Gasteiger partial charge >= 0.3 is 0 Å². The third-order valence-electron chi connectivity index (χ3n) is 17.2. The number of fused-ring (bicyclic) bond motifs is 5. The third kappa shape index (κ3) is 8.57. The van der Waals surface area contributed by atoms with E-state index in [4.69, 9.17) is 15.0 Å². The van der Waals surface area contributed by atoms with Crippen molar-refractivity contribution in [3.05, 3.63) is 174 Å². The second kappa shape index (κ2) is 17.9. The number of hydrogen-bond acceptors (Lipinski definition) is 4. The van der Waals surface area contributed by atoms with E-state index in [1.54, 1.807) is 0 Å². The lowest BCUT2D eigenvalue weighted by atomic mass is 9.54. The van der Waals surface area contributed by atoms with Crippen LogP contribution in [-0.2, 0) is 10.8 Å². The van der Waals surface area contributed by atoms with Gasteiger partial charge in [0.25, 0.3) is 0 Å². The highest BCUT2D eigenvalue weighted by molar-refractivity contribution is 5.89. The minimum absolute atomic E-state index is 0.243. The van der Waals surface area contributed by atoms with Crippen LogP contribution >= 0.6 is 0 Å². The average Bonchev–Trinajstić information content (AvgIpc) is 3.37. The van der Waals surface area contributed by atoms with Crippen molar-refractivity contribution in [2.75, 3.05) is 0 Å². The molecule has 348 valence electrons. The lowest BCUT2D eigenvalue weighted by Gasteiger charge is -2.50.